The van der Waals surface area contributed by atoms with E-state index in [-0.39, 0.29) is 0 Å². The molecule has 2 aromatic rings. The van der Waals surface area contributed by atoms with Crippen LogP contribution in [0.5, 0.6) is 0 Å². The first-order valence-corrected chi connectivity index (χ1v) is 5.04. The lowest BCUT2D eigenvalue weighted by Crippen LogP contribution is -1.74. The van der Waals surface area contributed by atoms with E-state index in [1.165, 1.54) is 0 Å². The van der Waals surface area contributed by atoms with Gasteiger partial charge in [0.05, 0.1) is 6.20 Å². The highest BCUT2D eigenvalue weighted by Gasteiger charge is 1.99. The Hall–Kier alpha value is -1.38. The van der Waals surface area contributed by atoms with E-state index in [4.69, 9.17) is 4.52 Å². The van der Waals surface area contributed by atoms with Crippen LogP contribution in [0.25, 0.3) is 11.1 Å². The Kier molecular flexibility index (Phi) is 6.37. The van der Waals surface area contributed by atoms with E-state index in [0.717, 1.165) is 16.7 Å². The summed E-state index contributed by atoms with van der Waals surface area (Å²) < 4.78 is 4.94. The maximum atomic E-state index is 4.94. The van der Waals surface area contributed by atoms with Crippen LogP contribution in [-0.4, -0.2) is 10.1 Å². The Balaban J connectivity index is 0.000000379. The van der Waals surface area contributed by atoms with E-state index in [1.807, 2.05) is 40.7 Å². The van der Waals surface area contributed by atoms with Gasteiger partial charge in [-0.2, -0.15) is 0 Å². The zero-order valence-electron chi connectivity index (χ0n) is 9.53. The maximum absolute atomic E-state index is 4.94. The van der Waals surface area contributed by atoms with E-state index >= 15 is 0 Å². The van der Waals surface area contributed by atoms with Crippen LogP contribution in [0, 0.1) is 6.92 Å². The number of hydrogen-bond acceptors (Lipinski definition) is 3. The second-order valence-electron chi connectivity index (χ2n) is 2.17. The van der Waals surface area contributed by atoms with Crippen molar-refractivity contribution >= 4 is 11.1 Å². The van der Waals surface area contributed by atoms with Gasteiger partial charge in [-0.1, -0.05) is 32.9 Å². The first-order valence-electron chi connectivity index (χ1n) is 5.04. The molecule has 0 spiro atoms. The van der Waals surface area contributed by atoms with Crippen molar-refractivity contribution in [3.8, 4) is 0 Å². The molecule has 0 saturated carbocycles. The van der Waals surface area contributed by atoms with Gasteiger partial charge in [0.15, 0.2) is 5.58 Å². The molecule has 2 aromatic heterocycles. The van der Waals surface area contributed by atoms with Crippen molar-refractivity contribution in [2.75, 3.05) is 0 Å². The van der Waals surface area contributed by atoms with E-state index in [2.05, 4.69) is 10.1 Å². The normalized spacial score (nSPS) is 8.36. The number of aromatic nitrogens is 2. The average Bonchev–Trinajstić information content (AvgIpc) is 2.73. The first kappa shape index (κ1) is 12.6. The summed E-state index contributed by atoms with van der Waals surface area (Å²) in [6.07, 6.45) is 3.36. The molecule has 0 aliphatic carbocycles. The Morgan fingerprint density at radius 3 is 2.36 bits per heavy atom. The van der Waals surface area contributed by atoms with Crippen LogP contribution in [0.2, 0.25) is 0 Å². The molecule has 0 aromatic carbocycles. The highest BCUT2D eigenvalue weighted by atomic mass is 16.5. The lowest BCUT2D eigenvalue weighted by Gasteiger charge is -1.87. The third-order valence-corrected chi connectivity index (χ3v) is 1.45. The molecule has 3 nitrogen and oxygen atoms in total. The van der Waals surface area contributed by atoms with Crippen LogP contribution >= 0.6 is 0 Å². The summed E-state index contributed by atoms with van der Waals surface area (Å²) in [6.45, 7) is 9.97. The first-order chi connectivity index (χ1) is 6.88. The Labute approximate surface area is 85.1 Å². The molecule has 0 unspecified atom stereocenters. The standard InChI is InChI=1S/C7H6N2O.2C2H6/c1-5-2-3-8-6-4-9-10-7(5)6;2*1-2/h2-4H,1H3;2*1-2H3. The third-order valence-electron chi connectivity index (χ3n) is 1.45. The molecular weight excluding hydrogens is 176 g/mol. The summed E-state index contributed by atoms with van der Waals surface area (Å²) in [6, 6.07) is 1.90. The molecule has 0 radical (unpaired) electrons. The Morgan fingerprint density at radius 2 is 1.79 bits per heavy atom. The highest BCUT2D eigenvalue weighted by Crippen LogP contribution is 2.13. The lowest BCUT2D eigenvalue weighted by molar-refractivity contribution is 0.455. The van der Waals surface area contributed by atoms with E-state index < -0.39 is 0 Å². The van der Waals surface area contributed by atoms with Gasteiger partial charge in [-0.15, -0.1) is 0 Å². The van der Waals surface area contributed by atoms with E-state index in [9.17, 15) is 0 Å². The Morgan fingerprint density at radius 1 is 1.14 bits per heavy atom. The lowest BCUT2D eigenvalue weighted by atomic mass is 10.3. The van der Waals surface area contributed by atoms with Gasteiger partial charge in [0.25, 0.3) is 0 Å². The zero-order valence-corrected chi connectivity index (χ0v) is 9.53. The van der Waals surface area contributed by atoms with Crippen LogP contribution < -0.4 is 0 Å². The van der Waals surface area contributed by atoms with Gasteiger partial charge in [0.2, 0.25) is 0 Å². The number of aryl methyl sites for hydroxylation is 1. The predicted molar refractivity (Wildman–Crippen MR) is 59.2 cm³/mol. The molecule has 0 fully saturated rings. The molecule has 2 heterocycles. The zero-order chi connectivity index (χ0) is 11.0. The van der Waals surface area contributed by atoms with Gasteiger partial charge >= 0.3 is 0 Å². The van der Waals surface area contributed by atoms with Crippen LogP contribution in [0.15, 0.2) is 23.0 Å². The summed E-state index contributed by atoms with van der Waals surface area (Å²) in [4.78, 5) is 4.05. The van der Waals surface area contributed by atoms with Crippen molar-refractivity contribution in [1.82, 2.24) is 10.1 Å². The minimum absolute atomic E-state index is 0.780. The Bertz CT molecular complexity index is 355. The molecule has 0 amide bonds. The van der Waals surface area contributed by atoms with Gasteiger partial charge in [-0.25, -0.2) is 0 Å². The van der Waals surface area contributed by atoms with E-state index in [0.29, 0.717) is 0 Å². The van der Waals surface area contributed by atoms with Gasteiger partial charge < -0.3 is 4.52 Å². The van der Waals surface area contributed by atoms with Crippen molar-refractivity contribution in [3.63, 3.8) is 0 Å². The molecular formula is C11H18N2O. The van der Waals surface area contributed by atoms with Gasteiger partial charge in [-0.05, 0) is 18.6 Å². The second-order valence-corrected chi connectivity index (χ2v) is 2.17. The van der Waals surface area contributed by atoms with E-state index in [1.54, 1.807) is 12.4 Å². The fourth-order valence-electron chi connectivity index (χ4n) is 0.905. The predicted octanol–water partition coefficient (Wildman–Crippen LogP) is 3.58. The minimum Gasteiger partial charge on any atom is -0.354 e. The molecule has 0 aliphatic heterocycles. The van der Waals surface area contributed by atoms with Crippen LogP contribution in [-0.2, 0) is 0 Å². The molecule has 0 atom stereocenters. The summed E-state index contributed by atoms with van der Waals surface area (Å²) in [5.74, 6) is 0. The van der Waals surface area contributed by atoms with Gasteiger partial charge in [-0.3, -0.25) is 4.98 Å². The van der Waals surface area contributed by atoms with Crippen LogP contribution in [0.3, 0.4) is 0 Å². The molecule has 78 valence electrons. The number of nitrogens with zero attached hydrogens (tertiary/aromatic N) is 2. The molecule has 14 heavy (non-hydrogen) atoms. The number of pyridine rings is 1. The molecule has 0 bridgehead atoms. The van der Waals surface area contributed by atoms with Gasteiger partial charge in [0, 0.05) is 6.20 Å². The molecule has 2 rings (SSSR count). The highest BCUT2D eigenvalue weighted by molar-refractivity contribution is 5.73. The topological polar surface area (TPSA) is 38.9 Å². The summed E-state index contributed by atoms with van der Waals surface area (Å²) in [5, 5.41) is 3.62. The quantitative estimate of drug-likeness (QED) is 0.643. The van der Waals surface area contributed by atoms with Crippen molar-refractivity contribution in [1.29, 1.82) is 0 Å². The fourth-order valence-corrected chi connectivity index (χ4v) is 0.905. The average molecular weight is 194 g/mol. The molecule has 0 saturated heterocycles. The van der Waals surface area contributed by atoms with Crippen molar-refractivity contribution in [2.45, 2.75) is 34.6 Å². The van der Waals surface area contributed by atoms with Crippen molar-refractivity contribution in [3.05, 3.63) is 24.0 Å². The number of fused-ring (bicyclic) bond motifs is 1. The van der Waals surface area contributed by atoms with Crippen LogP contribution in [0.4, 0.5) is 0 Å². The van der Waals surface area contributed by atoms with Gasteiger partial charge in [0.1, 0.15) is 5.52 Å². The summed E-state index contributed by atoms with van der Waals surface area (Å²) in [7, 11) is 0. The van der Waals surface area contributed by atoms with Crippen molar-refractivity contribution in [2.24, 2.45) is 0 Å². The largest absolute Gasteiger partial charge is 0.354 e. The summed E-state index contributed by atoms with van der Waals surface area (Å²) >= 11 is 0. The van der Waals surface area contributed by atoms with Crippen LogP contribution in [0.1, 0.15) is 33.3 Å². The molecule has 0 N–H and O–H groups in total. The maximum Gasteiger partial charge on any atom is 0.188 e. The fraction of sp³-hybridized carbons (Fsp3) is 0.455. The summed E-state index contributed by atoms with van der Waals surface area (Å²) in [5.41, 5.74) is 2.67. The smallest absolute Gasteiger partial charge is 0.188 e. The third kappa shape index (κ3) is 2.83. The molecule has 0 aliphatic rings. The SMILES string of the molecule is CC.CC.Cc1ccnc2cnoc12. The minimum atomic E-state index is 0.780. The second kappa shape index (κ2) is 7.06. The van der Waals surface area contributed by atoms with Crippen molar-refractivity contribution < 1.29 is 4.52 Å². The monoisotopic (exact) mass is 194 g/mol. The molecule has 3 heteroatoms. The number of rotatable bonds is 0. The number of hydrogen-bond donors (Lipinski definition) is 0.